The Kier molecular flexibility index (Phi) is 3.56. The molecule has 1 aromatic carbocycles. The summed E-state index contributed by atoms with van der Waals surface area (Å²) in [5, 5.41) is 13.8. The van der Waals surface area contributed by atoms with E-state index in [2.05, 4.69) is 5.32 Å². The molecule has 2 N–H and O–H groups in total. The van der Waals surface area contributed by atoms with E-state index in [9.17, 15) is 5.11 Å². The van der Waals surface area contributed by atoms with Crippen LogP contribution in [0.2, 0.25) is 5.02 Å². The van der Waals surface area contributed by atoms with Crippen molar-refractivity contribution in [2.24, 2.45) is 0 Å². The molecule has 0 bridgehead atoms. The van der Waals surface area contributed by atoms with Gasteiger partial charge in [0, 0.05) is 6.07 Å². The summed E-state index contributed by atoms with van der Waals surface area (Å²) in [6.45, 7) is 1.99. The zero-order valence-electron chi connectivity index (χ0n) is 9.29. The number of halogens is 1. The van der Waals surface area contributed by atoms with Crippen LogP contribution in [-0.2, 0) is 0 Å². The van der Waals surface area contributed by atoms with Crippen molar-refractivity contribution in [1.29, 1.82) is 0 Å². The van der Waals surface area contributed by atoms with E-state index in [1.807, 2.05) is 6.07 Å². The maximum Gasteiger partial charge on any atom is 0.141 e. The van der Waals surface area contributed by atoms with Gasteiger partial charge in [-0.1, -0.05) is 11.6 Å². The number of aromatic hydroxyl groups is 1. The highest BCUT2D eigenvalue weighted by molar-refractivity contribution is 6.32. The van der Waals surface area contributed by atoms with Gasteiger partial charge in [-0.3, -0.25) is 0 Å². The molecule has 0 aliphatic carbocycles. The summed E-state index contributed by atoms with van der Waals surface area (Å²) in [4.78, 5) is 0. The molecule has 0 radical (unpaired) electrons. The molecule has 1 saturated heterocycles. The number of hydrogen-bond donors (Lipinski definition) is 2. The van der Waals surface area contributed by atoms with Gasteiger partial charge in [0.15, 0.2) is 0 Å². The molecule has 1 heterocycles. The third-order valence-electron chi connectivity index (χ3n) is 3.08. The van der Waals surface area contributed by atoms with Crippen molar-refractivity contribution in [3.63, 3.8) is 0 Å². The number of rotatable bonds is 2. The molecule has 0 atom stereocenters. The fourth-order valence-electron chi connectivity index (χ4n) is 2.17. The van der Waals surface area contributed by atoms with E-state index in [1.54, 1.807) is 13.2 Å². The molecule has 1 fully saturated rings. The molecule has 4 heteroatoms. The number of phenols is 1. The average molecular weight is 242 g/mol. The minimum Gasteiger partial charge on any atom is -0.508 e. The molecule has 0 spiro atoms. The van der Waals surface area contributed by atoms with E-state index >= 15 is 0 Å². The number of phenolic OH excluding ortho intramolecular Hbond substituents is 1. The third kappa shape index (κ3) is 2.25. The van der Waals surface area contributed by atoms with Crippen LogP contribution in [-0.4, -0.2) is 25.3 Å². The lowest BCUT2D eigenvalue weighted by atomic mass is 9.89. The van der Waals surface area contributed by atoms with Crippen LogP contribution in [0.1, 0.15) is 24.3 Å². The maximum atomic E-state index is 9.94. The van der Waals surface area contributed by atoms with Crippen molar-refractivity contribution in [1.82, 2.24) is 5.32 Å². The van der Waals surface area contributed by atoms with Crippen LogP contribution in [0.25, 0.3) is 0 Å². The van der Waals surface area contributed by atoms with Crippen LogP contribution in [0.4, 0.5) is 0 Å². The summed E-state index contributed by atoms with van der Waals surface area (Å²) in [6, 6.07) is 3.42. The molecular formula is C12H16ClNO2. The van der Waals surface area contributed by atoms with E-state index in [1.165, 1.54) is 0 Å². The number of ether oxygens (including phenoxy) is 1. The van der Waals surface area contributed by atoms with Crippen molar-refractivity contribution in [2.45, 2.75) is 18.8 Å². The monoisotopic (exact) mass is 241 g/mol. The minimum absolute atomic E-state index is 0.285. The molecule has 88 valence electrons. The highest BCUT2D eigenvalue weighted by Crippen LogP contribution is 2.38. The number of benzene rings is 1. The molecule has 1 aliphatic heterocycles. The van der Waals surface area contributed by atoms with Gasteiger partial charge in [0.1, 0.15) is 11.5 Å². The van der Waals surface area contributed by atoms with Crippen molar-refractivity contribution < 1.29 is 9.84 Å². The first-order valence-electron chi connectivity index (χ1n) is 5.49. The summed E-state index contributed by atoms with van der Waals surface area (Å²) in [5.41, 5.74) is 0.937. The van der Waals surface area contributed by atoms with Gasteiger partial charge in [-0.05, 0) is 43.5 Å². The molecule has 16 heavy (non-hydrogen) atoms. The molecule has 0 saturated carbocycles. The van der Waals surface area contributed by atoms with Crippen molar-refractivity contribution in [3.05, 3.63) is 22.7 Å². The standard InChI is InChI=1S/C12H16ClNO2/c1-16-12-7-11(15)9(6-10(12)13)8-2-4-14-5-3-8/h6-8,14-15H,2-5H2,1H3. The van der Waals surface area contributed by atoms with E-state index in [0.29, 0.717) is 16.7 Å². The molecular weight excluding hydrogens is 226 g/mol. The van der Waals surface area contributed by atoms with Crippen molar-refractivity contribution in [2.75, 3.05) is 20.2 Å². The SMILES string of the molecule is COc1cc(O)c(C2CCNCC2)cc1Cl. The Bertz CT molecular complexity index is 376. The first-order chi connectivity index (χ1) is 7.72. The summed E-state index contributed by atoms with van der Waals surface area (Å²) in [7, 11) is 1.55. The van der Waals surface area contributed by atoms with Gasteiger partial charge in [-0.2, -0.15) is 0 Å². The lowest BCUT2D eigenvalue weighted by molar-refractivity contribution is 0.399. The first-order valence-corrected chi connectivity index (χ1v) is 5.87. The van der Waals surface area contributed by atoms with Gasteiger partial charge in [-0.15, -0.1) is 0 Å². The minimum atomic E-state index is 0.285. The van der Waals surface area contributed by atoms with E-state index in [4.69, 9.17) is 16.3 Å². The molecule has 2 rings (SSSR count). The third-order valence-corrected chi connectivity index (χ3v) is 3.38. The molecule has 1 aromatic rings. The Morgan fingerprint density at radius 1 is 1.38 bits per heavy atom. The number of hydrogen-bond acceptors (Lipinski definition) is 3. The highest BCUT2D eigenvalue weighted by atomic mass is 35.5. The van der Waals surface area contributed by atoms with Gasteiger partial charge < -0.3 is 15.2 Å². The smallest absolute Gasteiger partial charge is 0.141 e. The highest BCUT2D eigenvalue weighted by Gasteiger charge is 2.20. The predicted molar refractivity (Wildman–Crippen MR) is 64.5 cm³/mol. The Morgan fingerprint density at radius 2 is 2.06 bits per heavy atom. The topological polar surface area (TPSA) is 41.5 Å². The molecule has 1 aliphatic rings. The zero-order valence-corrected chi connectivity index (χ0v) is 10.0. The normalized spacial score (nSPS) is 17.4. The van der Waals surface area contributed by atoms with Gasteiger partial charge in [0.2, 0.25) is 0 Å². The summed E-state index contributed by atoms with van der Waals surface area (Å²) >= 11 is 6.07. The molecule has 0 aromatic heterocycles. The fourth-order valence-corrected chi connectivity index (χ4v) is 2.42. The van der Waals surface area contributed by atoms with E-state index in [0.717, 1.165) is 31.5 Å². The second-order valence-electron chi connectivity index (χ2n) is 4.07. The van der Waals surface area contributed by atoms with Crippen LogP contribution >= 0.6 is 11.6 Å². The van der Waals surface area contributed by atoms with Crippen LogP contribution in [0.3, 0.4) is 0 Å². The Morgan fingerprint density at radius 3 is 2.69 bits per heavy atom. The predicted octanol–water partition coefficient (Wildman–Crippen LogP) is 2.52. The van der Waals surface area contributed by atoms with E-state index < -0.39 is 0 Å². The number of nitrogens with one attached hydrogen (secondary N) is 1. The van der Waals surface area contributed by atoms with Gasteiger partial charge in [0.25, 0.3) is 0 Å². The first kappa shape index (κ1) is 11.6. The van der Waals surface area contributed by atoms with Crippen LogP contribution < -0.4 is 10.1 Å². The number of piperidine rings is 1. The van der Waals surface area contributed by atoms with Gasteiger partial charge in [0.05, 0.1) is 12.1 Å². The van der Waals surface area contributed by atoms with Crippen LogP contribution in [0.15, 0.2) is 12.1 Å². The van der Waals surface area contributed by atoms with E-state index in [-0.39, 0.29) is 5.75 Å². The largest absolute Gasteiger partial charge is 0.508 e. The second-order valence-corrected chi connectivity index (χ2v) is 4.48. The molecule has 0 unspecified atom stereocenters. The quantitative estimate of drug-likeness (QED) is 0.836. The Balaban J connectivity index is 2.29. The fraction of sp³-hybridized carbons (Fsp3) is 0.500. The summed E-state index contributed by atoms with van der Waals surface area (Å²) < 4.78 is 5.06. The Hall–Kier alpha value is -0.930. The van der Waals surface area contributed by atoms with Crippen LogP contribution in [0.5, 0.6) is 11.5 Å². The van der Waals surface area contributed by atoms with Crippen molar-refractivity contribution >= 4 is 11.6 Å². The average Bonchev–Trinajstić information content (AvgIpc) is 2.32. The lowest BCUT2D eigenvalue weighted by Crippen LogP contribution is -2.26. The zero-order chi connectivity index (χ0) is 11.5. The van der Waals surface area contributed by atoms with Crippen LogP contribution in [0, 0.1) is 0 Å². The Labute approximate surface area is 100 Å². The maximum absolute atomic E-state index is 9.94. The molecule has 3 nitrogen and oxygen atoms in total. The molecule has 0 amide bonds. The summed E-state index contributed by atoms with van der Waals surface area (Å²) in [6.07, 6.45) is 2.08. The van der Waals surface area contributed by atoms with Gasteiger partial charge in [-0.25, -0.2) is 0 Å². The second kappa shape index (κ2) is 4.93. The number of methoxy groups -OCH3 is 1. The van der Waals surface area contributed by atoms with Gasteiger partial charge >= 0.3 is 0 Å². The van der Waals surface area contributed by atoms with Crippen molar-refractivity contribution in [3.8, 4) is 11.5 Å². The summed E-state index contributed by atoms with van der Waals surface area (Å²) in [5.74, 6) is 1.20. The lowest BCUT2D eigenvalue weighted by Gasteiger charge is -2.24.